The van der Waals surface area contributed by atoms with Crippen LogP contribution in [0.5, 0.6) is 0 Å². The smallest absolute Gasteiger partial charge is 0.267 e. The largest absolute Gasteiger partial charge is 0.364 e. The van der Waals surface area contributed by atoms with E-state index >= 15 is 0 Å². The summed E-state index contributed by atoms with van der Waals surface area (Å²) in [6, 6.07) is 3.52. The van der Waals surface area contributed by atoms with Gasteiger partial charge in [0, 0.05) is 26.4 Å². The first-order valence-electron chi connectivity index (χ1n) is 5.12. The van der Waals surface area contributed by atoms with Crippen molar-refractivity contribution in [2.75, 3.05) is 5.32 Å². The quantitative estimate of drug-likeness (QED) is 0.770. The first-order valence-corrected chi connectivity index (χ1v) is 5.12. The van der Waals surface area contributed by atoms with Gasteiger partial charge in [0.15, 0.2) is 0 Å². The Morgan fingerprint density at radius 2 is 2.24 bits per heavy atom. The standard InChI is InChI=1S/C10H14N6O/c1-15-4-3-7(13-15)6-12-9-5-8(10(11)17)16(2)14-9/h3-5H,6H2,1-2H3,(H2,11,17)(H,12,14). The molecule has 0 aliphatic heterocycles. The highest BCUT2D eigenvalue weighted by Gasteiger charge is 2.09. The third-order valence-corrected chi connectivity index (χ3v) is 2.35. The molecule has 0 bridgehead atoms. The average molecular weight is 234 g/mol. The monoisotopic (exact) mass is 234 g/mol. The Morgan fingerprint density at radius 1 is 1.47 bits per heavy atom. The summed E-state index contributed by atoms with van der Waals surface area (Å²) < 4.78 is 3.17. The number of amides is 1. The summed E-state index contributed by atoms with van der Waals surface area (Å²) in [5.41, 5.74) is 6.47. The van der Waals surface area contributed by atoms with Crippen LogP contribution in [-0.4, -0.2) is 25.5 Å². The molecule has 0 fully saturated rings. The fraction of sp³-hybridized carbons (Fsp3) is 0.300. The van der Waals surface area contributed by atoms with E-state index in [0.717, 1.165) is 5.69 Å². The zero-order valence-electron chi connectivity index (χ0n) is 9.71. The number of anilines is 1. The van der Waals surface area contributed by atoms with Gasteiger partial charge in [-0.1, -0.05) is 0 Å². The number of hydrogen-bond acceptors (Lipinski definition) is 4. The maximum absolute atomic E-state index is 11.0. The van der Waals surface area contributed by atoms with E-state index in [9.17, 15) is 4.79 Å². The first kappa shape index (κ1) is 11.2. The summed E-state index contributed by atoms with van der Waals surface area (Å²) in [6.45, 7) is 0.552. The van der Waals surface area contributed by atoms with Crippen molar-refractivity contribution >= 4 is 11.7 Å². The van der Waals surface area contributed by atoms with Gasteiger partial charge in [0.25, 0.3) is 5.91 Å². The molecule has 2 rings (SSSR count). The molecule has 0 saturated carbocycles. The summed E-state index contributed by atoms with van der Waals surface area (Å²) in [5, 5.41) is 11.4. The number of carbonyl (C=O) groups excluding carboxylic acids is 1. The van der Waals surface area contributed by atoms with Crippen LogP contribution in [0.3, 0.4) is 0 Å². The van der Waals surface area contributed by atoms with Gasteiger partial charge in [-0.05, 0) is 6.07 Å². The van der Waals surface area contributed by atoms with Crippen LogP contribution in [0.4, 0.5) is 5.82 Å². The Kier molecular flexibility index (Phi) is 2.82. The van der Waals surface area contributed by atoms with Crippen LogP contribution in [0.2, 0.25) is 0 Å². The topological polar surface area (TPSA) is 90.8 Å². The van der Waals surface area contributed by atoms with E-state index in [4.69, 9.17) is 5.73 Å². The van der Waals surface area contributed by atoms with Gasteiger partial charge in [-0.15, -0.1) is 0 Å². The summed E-state index contributed by atoms with van der Waals surface area (Å²) in [4.78, 5) is 11.0. The van der Waals surface area contributed by atoms with E-state index < -0.39 is 5.91 Å². The van der Waals surface area contributed by atoms with Crippen molar-refractivity contribution in [1.29, 1.82) is 0 Å². The third-order valence-electron chi connectivity index (χ3n) is 2.35. The lowest BCUT2D eigenvalue weighted by Crippen LogP contribution is -2.15. The molecule has 0 aliphatic carbocycles. The molecule has 7 nitrogen and oxygen atoms in total. The van der Waals surface area contributed by atoms with Crippen molar-refractivity contribution < 1.29 is 4.79 Å². The van der Waals surface area contributed by atoms with Gasteiger partial charge in [0.05, 0.1) is 12.2 Å². The van der Waals surface area contributed by atoms with Crippen molar-refractivity contribution in [3.8, 4) is 0 Å². The van der Waals surface area contributed by atoms with Crippen molar-refractivity contribution in [1.82, 2.24) is 19.6 Å². The van der Waals surface area contributed by atoms with Crippen molar-refractivity contribution in [2.24, 2.45) is 19.8 Å². The van der Waals surface area contributed by atoms with Gasteiger partial charge < -0.3 is 11.1 Å². The second-order valence-corrected chi connectivity index (χ2v) is 3.74. The molecule has 0 aromatic carbocycles. The molecule has 7 heteroatoms. The van der Waals surface area contributed by atoms with Gasteiger partial charge in [-0.3, -0.25) is 14.2 Å². The molecule has 0 saturated heterocycles. The minimum atomic E-state index is -0.495. The van der Waals surface area contributed by atoms with Crippen LogP contribution in [0.25, 0.3) is 0 Å². The van der Waals surface area contributed by atoms with Gasteiger partial charge in [0.1, 0.15) is 11.5 Å². The number of rotatable bonds is 4. The van der Waals surface area contributed by atoms with E-state index in [1.54, 1.807) is 17.8 Å². The molecule has 3 N–H and O–H groups in total. The fourth-order valence-corrected chi connectivity index (χ4v) is 1.52. The predicted octanol–water partition coefficient (Wildman–Crippen LogP) is -0.135. The zero-order valence-corrected chi connectivity index (χ0v) is 9.71. The highest BCUT2D eigenvalue weighted by atomic mass is 16.1. The Labute approximate surface area is 98.2 Å². The highest BCUT2D eigenvalue weighted by molar-refractivity contribution is 5.91. The van der Waals surface area contributed by atoms with Crippen LogP contribution in [0.15, 0.2) is 18.3 Å². The average Bonchev–Trinajstić information content (AvgIpc) is 2.82. The van der Waals surface area contributed by atoms with E-state index in [1.165, 1.54) is 4.68 Å². The molecule has 1 amide bonds. The molecule has 90 valence electrons. The molecule has 2 aromatic rings. The van der Waals surface area contributed by atoms with Gasteiger partial charge in [-0.25, -0.2) is 0 Å². The number of nitrogens with one attached hydrogen (secondary N) is 1. The second kappa shape index (κ2) is 4.28. The molecule has 2 heterocycles. The summed E-state index contributed by atoms with van der Waals surface area (Å²) >= 11 is 0. The Bertz CT molecular complexity index is 541. The molecule has 0 aliphatic rings. The van der Waals surface area contributed by atoms with Crippen LogP contribution < -0.4 is 11.1 Å². The molecule has 0 atom stereocenters. The van der Waals surface area contributed by atoms with Crippen molar-refractivity contribution in [2.45, 2.75) is 6.54 Å². The molecular weight excluding hydrogens is 220 g/mol. The number of nitrogens with zero attached hydrogens (tertiary/aromatic N) is 4. The lowest BCUT2D eigenvalue weighted by atomic mass is 10.4. The van der Waals surface area contributed by atoms with Crippen molar-refractivity contribution in [3.63, 3.8) is 0 Å². The van der Waals surface area contributed by atoms with Crippen LogP contribution >= 0.6 is 0 Å². The number of aromatic nitrogens is 4. The fourth-order valence-electron chi connectivity index (χ4n) is 1.52. The number of carbonyl (C=O) groups is 1. The minimum Gasteiger partial charge on any atom is -0.364 e. The Morgan fingerprint density at radius 3 is 2.76 bits per heavy atom. The summed E-state index contributed by atoms with van der Waals surface area (Å²) in [7, 11) is 3.53. The number of nitrogens with two attached hydrogens (primary N) is 1. The SMILES string of the molecule is Cn1ccc(CNc2cc(C(N)=O)n(C)n2)n1. The van der Waals surface area contributed by atoms with Crippen LogP contribution in [-0.2, 0) is 20.6 Å². The Hall–Kier alpha value is -2.31. The maximum Gasteiger partial charge on any atom is 0.267 e. The number of aryl methyl sites for hydroxylation is 2. The van der Waals surface area contributed by atoms with E-state index in [2.05, 4.69) is 15.5 Å². The molecule has 0 radical (unpaired) electrons. The molecular formula is C10H14N6O. The normalized spacial score (nSPS) is 10.5. The molecule has 2 aromatic heterocycles. The van der Waals surface area contributed by atoms with Crippen molar-refractivity contribution in [3.05, 3.63) is 29.7 Å². The minimum absolute atomic E-state index is 0.369. The third kappa shape index (κ3) is 2.44. The van der Waals surface area contributed by atoms with E-state index in [0.29, 0.717) is 18.1 Å². The van der Waals surface area contributed by atoms with E-state index in [1.807, 2.05) is 19.3 Å². The summed E-state index contributed by atoms with van der Waals surface area (Å²) in [5.74, 6) is 0.109. The number of hydrogen-bond donors (Lipinski definition) is 2. The lowest BCUT2D eigenvalue weighted by molar-refractivity contribution is 0.0991. The second-order valence-electron chi connectivity index (χ2n) is 3.74. The van der Waals surface area contributed by atoms with Gasteiger partial charge >= 0.3 is 0 Å². The highest BCUT2D eigenvalue weighted by Crippen LogP contribution is 2.08. The van der Waals surface area contributed by atoms with Crippen LogP contribution in [0, 0.1) is 0 Å². The number of primary amides is 1. The van der Waals surface area contributed by atoms with E-state index in [-0.39, 0.29) is 0 Å². The predicted molar refractivity (Wildman–Crippen MR) is 62.3 cm³/mol. The van der Waals surface area contributed by atoms with Gasteiger partial charge in [-0.2, -0.15) is 10.2 Å². The summed E-state index contributed by atoms with van der Waals surface area (Å²) in [6.07, 6.45) is 1.87. The molecule has 0 unspecified atom stereocenters. The zero-order chi connectivity index (χ0) is 12.4. The Balaban J connectivity index is 2.04. The molecule has 0 spiro atoms. The first-order chi connectivity index (χ1) is 8.06. The maximum atomic E-state index is 11.0. The lowest BCUT2D eigenvalue weighted by Gasteiger charge is -1.98. The van der Waals surface area contributed by atoms with Crippen LogP contribution in [0.1, 0.15) is 16.2 Å². The van der Waals surface area contributed by atoms with Gasteiger partial charge in [0.2, 0.25) is 0 Å². The molecule has 17 heavy (non-hydrogen) atoms.